The minimum Gasteiger partial charge on any atom is -0.343 e. The molecule has 25 heavy (non-hydrogen) atoms. The Kier molecular flexibility index (Phi) is 6.25. The second-order valence-electron chi connectivity index (χ2n) is 6.16. The zero-order valence-corrected chi connectivity index (χ0v) is 14.6. The van der Waals surface area contributed by atoms with Crippen LogP contribution in [0.4, 0.5) is 10.1 Å². The van der Waals surface area contributed by atoms with E-state index in [1.807, 2.05) is 30.3 Å². The van der Waals surface area contributed by atoms with Crippen LogP contribution in [0.2, 0.25) is 0 Å². The monoisotopic (exact) mass is 344 g/mol. The molecular weight excluding hydrogens is 321 g/mol. The molecule has 0 aliphatic rings. The fraction of sp³-hybridized carbons (Fsp3) is 0.263. The van der Waals surface area contributed by atoms with Crippen LogP contribution in [-0.2, 0) is 9.59 Å². The number of anilines is 1. The molecule has 0 saturated heterocycles. The second-order valence-corrected chi connectivity index (χ2v) is 6.16. The third-order valence-corrected chi connectivity index (χ3v) is 3.86. The van der Waals surface area contributed by atoms with E-state index in [9.17, 15) is 14.0 Å². The molecule has 6 heteroatoms. The Bertz CT molecular complexity index is 734. The highest BCUT2D eigenvalue weighted by atomic mass is 19.1. The standard InChI is InChI=1S/C19H22FN3O2/c1-22(2)19(25)18(14-8-5-4-6-9-14)23(3)13-17(24)21-16-11-7-10-15(20)12-16/h4-12,18H,13H2,1-3H3,(H,21,24)/p+1/t18-/m0/s1. The molecule has 132 valence electrons. The Balaban J connectivity index is 2.12. The molecule has 2 rings (SSSR count). The lowest BCUT2D eigenvalue weighted by Crippen LogP contribution is -3.11. The van der Waals surface area contributed by atoms with Crippen LogP contribution in [0.15, 0.2) is 54.6 Å². The number of hydrogen-bond acceptors (Lipinski definition) is 2. The maximum absolute atomic E-state index is 13.2. The Morgan fingerprint density at radius 3 is 2.40 bits per heavy atom. The summed E-state index contributed by atoms with van der Waals surface area (Å²) in [6.07, 6.45) is 0. The summed E-state index contributed by atoms with van der Waals surface area (Å²) < 4.78 is 13.2. The fourth-order valence-corrected chi connectivity index (χ4v) is 2.67. The largest absolute Gasteiger partial charge is 0.343 e. The van der Waals surface area contributed by atoms with Gasteiger partial charge in [-0.25, -0.2) is 4.39 Å². The van der Waals surface area contributed by atoms with E-state index in [2.05, 4.69) is 5.32 Å². The first-order chi connectivity index (χ1) is 11.9. The van der Waals surface area contributed by atoms with Gasteiger partial charge in [-0.3, -0.25) is 9.59 Å². The van der Waals surface area contributed by atoms with Crippen LogP contribution in [0.5, 0.6) is 0 Å². The van der Waals surface area contributed by atoms with Crippen molar-refractivity contribution < 1.29 is 18.9 Å². The number of benzene rings is 2. The molecule has 0 saturated carbocycles. The molecule has 2 aromatic carbocycles. The first-order valence-electron chi connectivity index (χ1n) is 8.02. The molecule has 0 spiro atoms. The summed E-state index contributed by atoms with van der Waals surface area (Å²) in [5, 5.41) is 2.66. The van der Waals surface area contributed by atoms with Gasteiger partial charge in [0.25, 0.3) is 11.8 Å². The Morgan fingerprint density at radius 2 is 1.80 bits per heavy atom. The summed E-state index contributed by atoms with van der Waals surface area (Å²) >= 11 is 0. The molecule has 5 nitrogen and oxygen atoms in total. The van der Waals surface area contributed by atoms with Gasteiger partial charge >= 0.3 is 0 Å². The molecule has 2 aromatic rings. The minimum absolute atomic E-state index is 0.0790. The van der Waals surface area contributed by atoms with Gasteiger partial charge in [-0.1, -0.05) is 36.4 Å². The molecule has 0 bridgehead atoms. The SMILES string of the molecule is CN(C)C(=O)[C@H](c1ccccc1)[NH+](C)CC(=O)Nc1cccc(F)c1. The molecule has 0 aliphatic heterocycles. The highest BCUT2D eigenvalue weighted by molar-refractivity contribution is 5.91. The van der Waals surface area contributed by atoms with Crippen molar-refractivity contribution in [3.63, 3.8) is 0 Å². The Hall–Kier alpha value is -2.73. The van der Waals surface area contributed by atoms with Crippen molar-refractivity contribution >= 4 is 17.5 Å². The van der Waals surface area contributed by atoms with Gasteiger partial charge in [-0.15, -0.1) is 0 Å². The van der Waals surface area contributed by atoms with Crippen molar-refractivity contribution in [2.24, 2.45) is 0 Å². The van der Waals surface area contributed by atoms with E-state index in [4.69, 9.17) is 0 Å². The van der Waals surface area contributed by atoms with Crippen LogP contribution < -0.4 is 10.2 Å². The minimum atomic E-state index is -0.491. The molecule has 0 aromatic heterocycles. The molecule has 2 atom stereocenters. The van der Waals surface area contributed by atoms with E-state index in [0.29, 0.717) is 5.69 Å². The van der Waals surface area contributed by atoms with Gasteiger partial charge in [-0.05, 0) is 18.2 Å². The van der Waals surface area contributed by atoms with Crippen LogP contribution in [0, 0.1) is 5.82 Å². The number of halogens is 1. The van der Waals surface area contributed by atoms with E-state index in [0.717, 1.165) is 10.5 Å². The topological polar surface area (TPSA) is 53.9 Å². The highest BCUT2D eigenvalue weighted by Gasteiger charge is 2.31. The highest BCUT2D eigenvalue weighted by Crippen LogP contribution is 2.12. The molecular formula is C19H23FN3O2+. The number of rotatable bonds is 6. The van der Waals surface area contributed by atoms with Crippen molar-refractivity contribution in [2.75, 3.05) is 33.0 Å². The number of carbonyl (C=O) groups is 2. The molecule has 0 fully saturated rings. The second kappa shape index (κ2) is 8.39. The van der Waals surface area contributed by atoms with Gasteiger partial charge in [0.05, 0.1) is 7.05 Å². The lowest BCUT2D eigenvalue weighted by atomic mass is 10.0. The number of hydrogen-bond donors (Lipinski definition) is 2. The smallest absolute Gasteiger partial charge is 0.285 e. The third kappa shape index (κ3) is 5.12. The summed E-state index contributed by atoms with van der Waals surface area (Å²) in [7, 11) is 5.18. The zero-order valence-electron chi connectivity index (χ0n) is 14.6. The van der Waals surface area contributed by atoms with E-state index in [1.165, 1.54) is 23.1 Å². The number of amides is 2. The van der Waals surface area contributed by atoms with Crippen molar-refractivity contribution in [1.29, 1.82) is 0 Å². The van der Waals surface area contributed by atoms with Crippen LogP contribution in [0.3, 0.4) is 0 Å². The van der Waals surface area contributed by atoms with Crippen molar-refractivity contribution in [3.8, 4) is 0 Å². The fourth-order valence-electron chi connectivity index (χ4n) is 2.67. The quantitative estimate of drug-likeness (QED) is 0.825. The lowest BCUT2D eigenvalue weighted by Gasteiger charge is -2.26. The van der Waals surface area contributed by atoms with E-state index < -0.39 is 11.9 Å². The van der Waals surface area contributed by atoms with Gasteiger partial charge in [0.15, 0.2) is 12.6 Å². The summed E-state index contributed by atoms with van der Waals surface area (Å²) in [4.78, 5) is 27.1. The van der Waals surface area contributed by atoms with Crippen LogP contribution in [0.25, 0.3) is 0 Å². The number of carbonyl (C=O) groups excluding carboxylic acids is 2. The van der Waals surface area contributed by atoms with Crippen molar-refractivity contribution in [2.45, 2.75) is 6.04 Å². The van der Waals surface area contributed by atoms with Crippen LogP contribution in [0.1, 0.15) is 11.6 Å². The van der Waals surface area contributed by atoms with Gasteiger partial charge in [-0.2, -0.15) is 0 Å². The van der Waals surface area contributed by atoms with Crippen LogP contribution in [-0.4, -0.2) is 44.4 Å². The van der Waals surface area contributed by atoms with Gasteiger partial charge in [0.2, 0.25) is 0 Å². The van der Waals surface area contributed by atoms with Gasteiger partial charge in [0, 0.05) is 25.3 Å². The summed E-state index contributed by atoms with van der Waals surface area (Å²) in [6.45, 7) is 0.0790. The normalized spacial score (nSPS) is 13.0. The molecule has 0 aliphatic carbocycles. The van der Waals surface area contributed by atoms with E-state index >= 15 is 0 Å². The van der Waals surface area contributed by atoms with Crippen molar-refractivity contribution in [1.82, 2.24) is 4.90 Å². The summed E-state index contributed by atoms with van der Waals surface area (Å²) in [5.41, 5.74) is 1.24. The molecule has 0 radical (unpaired) electrons. The molecule has 1 unspecified atom stereocenters. The molecule has 2 amide bonds. The number of nitrogens with one attached hydrogen (secondary N) is 2. The Labute approximate surface area is 147 Å². The third-order valence-electron chi connectivity index (χ3n) is 3.86. The average molecular weight is 344 g/mol. The zero-order chi connectivity index (χ0) is 18.4. The number of likely N-dealkylation sites (N-methyl/N-ethyl adjacent to an activating group) is 2. The van der Waals surface area contributed by atoms with Crippen molar-refractivity contribution in [3.05, 3.63) is 66.0 Å². The Morgan fingerprint density at radius 1 is 1.12 bits per heavy atom. The predicted molar refractivity (Wildman–Crippen MR) is 94.7 cm³/mol. The molecule has 0 heterocycles. The van der Waals surface area contributed by atoms with E-state index in [-0.39, 0.29) is 18.4 Å². The first kappa shape index (κ1) is 18.6. The maximum atomic E-state index is 13.2. The summed E-state index contributed by atoms with van der Waals surface area (Å²) in [5.74, 6) is -0.777. The van der Waals surface area contributed by atoms with E-state index in [1.54, 1.807) is 27.2 Å². The van der Waals surface area contributed by atoms with Gasteiger partial charge < -0.3 is 15.1 Å². The number of quaternary nitrogens is 1. The lowest BCUT2D eigenvalue weighted by molar-refractivity contribution is -0.894. The predicted octanol–water partition coefficient (Wildman–Crippen LogP) is 1.11. The molecule has 2 N–H and O–H groups in total. The van der Waals surface area contributed by atoms with Gasteiger partial charge in [0.1, 0.15) is 5.82 Å². The number of nitrogens with zero attached hydrogens (tertiary/aromatic N) is 1. The first-order valence-corrected chi connectivity index (χ1v) is 8.02. The van der Waals surface area contributed by atoms with Crippen LogP contribution >= 0.6 is 0 Å². The maximum Gasteiger partial charge on any atom is 0.285 e. The summed E-state index contributed by atoms with van der Waals surface area (Å²) in [6, 6.07) is 14.6. The average Bonchev–Trinajstić information content (AvgIpc) is 2.55.